The second kappa shape index (κ2) is 7.10. The van der Waals surface area contributed by atoms with Crippen LogP contribution in [0.3, 0.4) is 0 Å². The van der Waals surface area contributed by atoms with Crippen LogP contribution in [0.25, 0.3) is 0 Å². The summed E-state index contributed by atoms with van der Waals surface area (Å²) in [5.41, 5.74) is 1.10. The molecule has 1 aromatic carbocycles. The Bertz CT molecular complexity index is 519. The van der Waals surface area contributed by atoms with Gasteiger partial charge in [-0.05, 0) is 44.3 Å². The summed E-state index contributed by atoms with van der Waals surface area (Å²) in [6.07, 6.45) is 9.69. The van der Waals surface area contributed by atoms with Crippen LogP contribution >= 0.6 is 0 Å². The summed E-state index contributed by atoms with van der Waals surface area (Å²) in [4.78, 5) is 17.2. The molecule has 1 saturated heterocycles. The highest BCUT2D eigenvalue weighted by molar-refractivity contribution is 5.79. The van der Waals surface area contributed by atoms with Gasteiger partial charge in [0, 0.05) is 13.1 Å². The molecule has 3 nitrogen and oxygen atoms in total. The second-order valence-corrected chi connectivity index (χ2v) is 6.49. The van der Waals surface area contributed by atoms with Crippen molar-refractivity contribution in [3.8, 4) is 0 Å². The summed E-state index contributed by atoms with van der Waals surface area (Å²) in [6.45, 7) is 2.38. The highest BCUT2D eigenvalue weighted by atomic mass is 16.2. The van der Waals surface area contributed by atoms with Gasteiger partial charge in [-0.15, -0.1) is 0 Å². The van der Waals surface area contributed by atoms with E-state index in [0.29, 0.717) is 18.5 Å². The molecule has 0 aromatic heterocycles. The van der Waals surface area contributed by atoms with Gasteiger partial charge in [0.05, 0.1) is 12.5 Å². The lowest BCUT2D eigenvalue weighted by molar-refractivity contribution is -0.132. The Hall–Kier alpha value is -1.61. The molecule has 2 aliphatic rings. The van der Waals surface area contributed by atoms with Gasteiger partial charge in [-0.25, -0.2) is 0 Å². The van der Waals surface area contributed by atoms with Gasteiger partial charge in [-0.1, -0.05) is 42.5 Å². The van der Waals surface area contributed by atoms with Gasteiger partial charge in [-0.2, -0.15) is 0 Å². The summed E-state index contributed by atoms with van der Waals surface area (Å²) in [5.74, 6) is 0.232. The van der Waals surface area contributed by atoms with Crippen LogP contribution in [-0.2, 0) is 11.2 Å². The summed E-state index contributed by atoms with van der Waals surface area (Å²) < 4.78 is 0. The second-order valence-electron chi connectivity index (χ2n) is 6.49. The minimum absolute atomic E-state index is 0.232. The molecule has 0 N–H and O–H groups in total. The first kappa shape index (κ1) is 15.3. The Balaban J connectivity index is 1.67. The monoisotopic (exact) mass is 298 g/mol. The lowest BCUT2D eigenvalue weighted by atomic mass is 9.93. The van der Waals surface area contributed by atoms with E-state index in [0.717, 1.165) is 18.4 Å². The normalized spacial score (nSPS) is 25.3. The van der Waals surface area contributed by atoms with E-state index in [-0.39, 0.29) is 5.91 Å². The zero-order valence-corrected chi connectivity index (χ0v) is 13.4. The molecular formula is C19H26N2O. The molecule has 1 aliphatic heterocycles. The molecule has 1 amide bonds. The molecule has 22 heavy (non-hydrogen) atoms. The lowest BCUT2D eigenvalue weighted by Gasteiger charge is -2.40. The van der Waals surface area contributed by atoms with Gasteiger partial charge in [0.2, 0.25) is 5.91 Å². The lowest BCUT2D eigenvalue weighted by Crippen LogP contribution is -2.52. The molecule has 3 rings (SSSR count). The van der Waals surface area contributed by atoms with Gasteiger partial charge in [0.1, 0.15) is 0 Å². The van der Waals surface area contributed by atoms with Crippen molar-refractivity contribution in [3.63, 3.8) is 0 Å². The standard InChI is InChI=1S/C19H26N2O/c1-20(19(22)15-16-9-3-2-4-10-16)17-11-5-6-12-18(17)21-13-7-8-14-21/h2-6,9-10,17-18H,7-8,11-15H2,1H3. The molecule has 1 aromatic rings. The van der Waals surface area contributed by atoms with Crippen LogP contribution in [0.2, 0.25) is 0 Å². The summed E-state index contributed by atoms with van der Waals surface area (Å²) in [5, 5.41) is 0. The molecule has 1 fully saturated rings. The maximum absolute atomic E-state index is 12.7. The third kappa shape index (κ3) is 3.41. The van der Waals surface area contributed by atoms with E-state index < -0.39 is 0 Å². The highest BCUT2D eigenvalue weighted by Crippen LogP contribution is 2.26. The Morgan fingerprint density at radius 1 is 1.14 bits per heavy atom. The van der Waals surface area contributed by atoms with Crippen LogP contribution in [0, 0.1) is 0 Å². The van der Waals surface area contributed by atoms with E-state index in [1.807, 2.05) is 42.3 Å². The fourth-order valence-corrected chi connectivity index (χ4v) is 3.75. The zero-order valence-electron chi connectivity index (χ0n) is 13.4. The summed E-state index contributed by atoms with van der Waals surface area (Å²) in [6, 6.07) is 10.9. The maximum Gasteiger partial charge on any atom is 0.227 e. The van der Waals surface area contributed by atoms with Gasteiger partial charge in [0.25, 0.3) is 0 Å². The van der Waals surface area contributed by atoms with Crippen molar-refractivity contribution in [1.82, 2.24) is 9.80 Å². The third-order valence-corrected chi connectivity index (χ3v) is 5.06. The van der Waals surface area contributed by atoms with Crippen molar-refractivity contribution in [2.45, 2.75) is 44.2 Å². The predicted molar refractivity (Wildman–Crippen MR) is 89.7 cm³/mol. The van der Waals surface area contributed by atoms with Crippen molar-refractivity contribution < 1.29 is 4.79 Å². The first-order chi connectivity index (χ1) is 10.8. The van der Waals surface area contributed by atoms with E-state index in [4.69, 9.17) is 0 Å². The number of likely N-dealkylation sites (tertiary alicyclic amines) is 1. The number of carbonyl (C=O) groups is 1. The number of rotatable bonds is 4. The van der Waals surface area contributed by atoms with Crippen molar-refractivity contribution >= 4 is 5.91 Å². The Labute approximate surface area is 133 Å². The van der Waals surface area contributed by atoms with Gasteiger partial charge in [0.15, 0.2) is 0 Å². The van der Waals surface area contributed by atoms with Gasteiger partial charge in [-0.3, -0.25) is 9.69 Å². The van der Waals surface area contributed by atoms with Crippen LogP contribution in [0.5, 0.6) is 0 Å². The smallest absolute Gasteiger partial charge is 0.227 e. The van der Waals surface area contributed by atoms with E-state index in [1.165, 1.54) is 25.9 Å². The summed E-state index contributed by atoms with van der Waals surface area (Å²) in [7, 11) is 1.98. The van der Waals surface area contributed by atoms with E-state index in [1.54, 1.807) is 0 Å². The molecule has 2 atom stereocenters. The highest BCUT2D eigenvalue weighted by Gasteiger charge is 2.33. The van der Waals surface area contributed by atoms with Crippen LogP contribution in [-0.4, -0.2) is 47.9 Å². The van der Waals surface area contributed by atoms with Crippen LogP contribution in [0.15, 0.2) is 42.5 Å². The molecule has 0 saturated carbocycles. The minimum Gasteiger partial charge on any atom is -0.341 e. The SMILES string of the molecule is CN(C(=O)Cc1ccccc1)C1CC=CCC1N1CCCC1. The van der Waals surface area contributed by atoms with Crippen LogP contribution in [0.4, 0.5) is 0 Å². The molecule has 1 heterocycles. The molecule has 2 unspecified atom stereocenters. The molecule has 1 aliphatic carbocycles. The van der Waals surface area contributed by atoms with Crippen molar-refractivity contribution in [1.29, 1.82) is 0 Å². The van der Waals surface area contributed by atoms with E-state index in [2.05, 4.69) is 17.1 Å². The zero-order chi connectivity index (χ0) is 15.4. The minimum atomic E-state index is 0.232. The Morgan fingerprint density at radius 3 is 2.55 bits per heavy atom. The van der Waals surface area contributed by atoms with Gasteiger partial charge < -0.3 is 4.90 Å². The Kier molecular flexibility index (Phi) is 4.94. The first-order valence-corrected chi connectivity index (χ1v) is 8.44. The number of nitrogens with zero attached hydrogens (tertiary/aromatic N) is 2. The molecular weight excluding hydrogens is 272 g/mol. The molecule has 118 valence electrons. The predicted octanol–water partition coefficient (Wildman–Crippen LogP) is 2.87. The number of benzene rings is 1. The molecule has 0 spiro atoms. The van der Waals surface area contributed by atoms with Crippen molar-refractivity contribution in [3.05, 3.63) is 48.0 Å². The molecule has 0 radical (unpaired) electrons. The number of likely N-dealkylation sites (N-methyl/N-ethyl adjacent to an activating group) is 1. The van der Waals surface area contributed by atoms with E-state index >= 15 is 0 Å². The summed E-state index contributed by atoms with van der Waals surface area (Å²) >= 11 is 0. The third-order valence-electron chi connectivity index (χ3n) is 5.06. The Morgan fingerprint density at radius 2 is 1.82 bits per heavy atom. The quantitative estimate of drug-likeness (QED) is 0.798. The number of carbonyl (C=O) groups excluding carboxylic acids is 1. The number of amides is 1. The van der Waals surface area contributed by atoms with Crippen molar-refractivity contribution in [2.24, 2.45) is 0 Å². The van der Waals surface area contributed by atoms with Crippen LogP contribution < -0.4 is 0 Å². The molecule has 3 heteroatoms. The van der Waals surface area contributed by atoms with E-state index in [9.17, 15) is 4.79 Å². The van der Waals surface area contributed by atoms with Crippen LogP contribution in [0.1, 0.15) is 31.2 Å². The molecule has 0 bridgehead atoms. The fourth-order valence-electron chi connectivity index (χ4n) is 3.75. The van der Waals surface area contributed by atoms with Crippen molar-refractivity contribution in [2.75, 3.05) is 20.1 Å². The first-order valence-electron chi connectivity index (χ1n) is 8.44. The maximum atomic E-state index is 12.7. The number of hydrogen-bond acceptors (Lipinski definition) is 2. The fraction of sp³-hybridized carbons (Fsp3) is 0.526. The topological polar surface area (TPSA) is 23.6 Å². The number of hydrogen-bond donors (Lipinski definition) is 0. The average Bonchev–Trinajstić information content (AvgIpc) is 3.09. The largest absolute Gasteiger partial charge is 0.341 e. The average molecular weight is 298 g/mol. The van der Waals surface area contributed by atoms with Gasteiger partial charge >= 0.3 is 0 Å².